The standard InChI is InChI=1S/C22H22F2N6S/c1-3-15-7-5-8-16(4-2)19(15)30-20(17-9-6-10-25-13-17)27-28-22(30)31-14-18-26-11-12-29(18)21(23)24/h5-13,21H,3-4,14H2,1-2H3. The summed E-state index contributed by atoms with van der Waals surface area (Å²) in [5.41, 5.74) is 4.21. The van der Waals surface area contributed by atoms with Gasteiger partial charge in [0.1, 0.15) is 5.82 Å². The average Bonchev–Trinajstić information content (AvgIpc) is 3.44. The molecule has 0 unspecified atom stereocenters. The Kier molecular flexibility index (Phi) is 6.41. The van der Waals surface area contributed by atoms with E-state index in [9.17, 15) is 8.78 Å². The van der Waals surface area contributed by atoms with Crippen molar-refractivity contribution < 1.29 is 8.78 Å². The van der Waals surface area contributed by atoms with Gasteiger partial charge in [0, 0.05) is 30.4 Å². The number of nitrogens with zero attached hydrogens (tertiary/aromatic N) is 6. The zero-order chi connectivity index (χ0) is 21.8. The zero-order valence-corrected chi connectivity index (χ0v) is 18.1. The molecule has 0 N–H and O–H groups in total. The van der Waals surface area contributed by atoms with Gasteiger partial charge in [0.15, 0.2) is 11.0 Å². The average molecular weight is 441 g/mol. The summed E-state index contributed by atoms with van der Waals surface area (Å²) < 4.78 is 29.3. The minimum absolute atomic E-state index is 0.248. The summed E-state index contributed by atoms with van der Waals surface area (Å²) >= 11 is 1.34. The van der Waals surface area contributed by atoms with Gasteiger partial charge in [-0.3, -0.25) is 14.1 Å². The number of hydrogen-bond donors (Lipinski definition) is 0. The van der Waals surface area contributed by atoms with Crippen molar-refractivity contribution in [2.45, 2.75) is 44.1 Å². The third kappa shape index (κ3) is 4.23. The van der Waals surface area contributed by atoms with Crippen molar-refractivity contribution in [2.75, 3.05) is 0 Å². The first-order valence-electron chi connectivity index (χ1n) is 10.0. The SMILES string of the molecule is CCc1cccc(CC)c1-n1c(SCc2nccn2C(F)F)nnc1-c1cccnc1. The van der Waals surface area contributed by atoms with E-state index in [1.165, 1.54) is 35.3 Å². The molecule has 31 heavy (non-hydrogen) atoms. The molecular weight excluding hydrogens is 418 g/mol. The molecule has 0 fully saturated rings. The van der Waals surface area contributed by atoms with Crippen molar-refractivity contribution in [1.82, 2.24) is 29.3 Å². The fourth-order valence-electron chi connectivity index (χ4n) is 3.51. The van der Waals surface area contributed by atoms with Crippen LogP contribution in [0.2, 0.25) is 0 Å². The van der Waals surface area contributed by atoms with Gasteiger partial charge in [0.2, 0.25) is 0 Å². The van der Waals surface area contributed by atoms with Gasteiger partial charge in [0.25, 0.3) is 0 Å². The minimum atomic E-state index is -2.63. The number of aryl methyl sites for hydroxylation is 2. The third-order valence-electron chi connectivity index (χ3n) is 5.03. The van der Waals surface area contributed by atoms with Gasteiger partial charge in [-0.2, -0.15) is 8.78 Å². The van der Waals surface area contributed by atoms with Crippen molar-refractivity contribution >= 4 is 11.8 Å². The van der Waals surface area contributed by atoms with Gasteiger partial charge in [-0.25, -0.2) is 4.98 Å². The van der Waals surface area contributed by atoms with Crippen molar-refractivity contribution in [3.8, 4) is 17.1 Å². The van der Waals surface area contributed by atoms with E-state index < -0.39 is 6.55 Å². The Balaban J connectivity index is 1.83. The first-order chi connectivity index (χ1) is 15.1. The summed E-state index contributed by atoms with van der Waals surface area (Å²) in [7, 11) is 0. The van der Waals surface area contributed by atoms with E-state index in [2.05, 4.69) is 52.2 Å². The first-order valence-corrected chi connectivity index (χ1v) is 11.0. The highest BCUT2D eigenvalue weighted by molar-refractivity contribution is 7.98. The van der Waals surface area contributed by atoms with E-state index in [4.69, 9.17) is 0 Å². The molecular formula is C22H22F2N6S. The lowest BCUT2D eigenvalue weighted by Crippen LogP contribution is -2.08. The Bertz CT molecular complexity index is 1130. The van der Waals surface area contributed by atoms with Crippen LogP contribution in [0.25, 0.3) is 17.1 Å². The quantitative estimate of drug-likeness (QED) is 0.346. The predicted octanol–water partition coefficient (Wildman–Crippen LogP) is 5.34. The number of benzene rings is 1. The second kappa shape index (κ2) is 9.38. The highest BCUT2D eigenvalue weighted by Crippen LogP contribution is 2.33. The lowest BCUT2D eigenvalue weighted by molar-refractivity contribution is 0.0678. The van der Waals surface area contributed by atoms with Crippen molar-refractivity contribution in [2.24, 2.45) is 0 Å². The number of halogens is 2. The van der Waals surface area contributed by atoms with Crippen LogP contribution in [0, 0.1) is 0 Å². The predicted molar refractivity (Wildman–Crippen MR) is 116 cm³/mol. The van der Waals surface area contributed by atoms with Crippen LogP contribution in [0.15, 0.2) is 60.3 Å². The fourth-order valence-corrected chi connectivity index (χ4v) is 4.40. The summed E-state index contributed by atoms with van der Waals surface area (Å²) in [6, 6.07) is 10.0. The van der Waals surface area contributed by atoms with E-state index in [-0.39, 0.29) is 11.6 Å². The Hall–Kier alpha value is -3.07. The van der Waals surface area contributed by atoms with Gasteiger partial charge in [0.05, 0.1) is 11.4 Å². The van der Waals surface area contributed by atoms with E-state index in [1.807, 2.05) is 16.7 Å². The topological polar surface area (TPSA) is 61.4 Å². The van der Waals surface area contributed by atoms with Gasteiger partial charge >= 0.3 is 6.55 Å². The highest BCUT2D eigenvalue weighted by Gasteiger charge is 2.21. The van der Waals surface area contributed by atoms with Crippen molar-refractivity contribution in [3.05, 3.63) is 72.1 Å². The van der Waals surface area contributed by atoms with Gasteiger partial charge in [-0.05, 0) is 36.1 Å². The molecule has 3 heterocycles. The molecule has 6 nitrogen and oxygen atoms in total. The number of pyridine rings is 1. The van der Waals surface area contributed by atoms with Crippen LogP contribution < -0.4 is 0 Å². The van der Waals surface area contributed by atoms with Crippen molar-refractivity contribution in [3.63, 3.8) is 0 Å². The monoisotopic (exact) mass is 440 g/mol. The number of para-hydroxylation sites is 1. The van der Waals surface area contributed by atoms with Crippen LogP contribution in [0.5, 0.6) is 0 Å². The number of rotatable bonds is 8. The second-order valence-corrected chi connectivity index (χ2v) is 7.77. The molecule has 1 aromatic carbocycles. The number of hydrogen-bond acceptors (Lipinski definition) is 5. The maximum atomic E-state index is 13.2. The summed E-state index contributed by atoms with van der Waals surface area (Å²) in [5.74, 6) is 1.21. The fraction of sp³-hybridized carbons (Fsp3) is 0.273. The minimum Gasteiger partial charge on any atom is -0.277 e. The summed E-state index contributed by atoms with van der Waals surface area (Å²) in [6.45, 7) is 1.59. The second-order valence-electron chi connectivity index (χ2n) is 6.83. The van der Waals surface area contributed by atoms with Gasteiger partial charge < -0.3 is 0 Å². The molecule has 3 aromatic heterocycles. The summed E-state index contributed by atoms with van der Waals surface area (Å²) in [4.78, 5) is 8.31. The molecule has 0 aliphatic rings. The lowest BCUT2D eigenvalue weighted by Gasteiger charge is -2.18. The van der Waals surface area contributed by atoms with Crippen molar-refractivity contribution in [1.29, 1.82) is 0 Å². The molecule has 4 rings (SSSR count). The normalized spacial score (nSPS) is 11.4. The van der Waals surface area contributed by atoms with Crippen LogP contribution in [0.4, 0.5) is 8.78 Å². The summed E-state index contributed by atoms with van der Waals surface area (Å²) in [5, 5.41) is 9.49. The number of imidazole rings is 1. The number of aromatic nitrogens is 6. The molecule has 0 bridgehead atoms. The Morgan fingerprint density at radius 2 is 1.77 bits per heavy atom. The van der Waals surface area contributed by atoms with E-state index in [0.717, 1.165) is 28.7 Å². The Labute approximate surface area is 183 Å². The molecule has 160 valence electrons. The van der Waals surface area contributed by atoms with Crippen LogP contribution in [0.3, 0.4) is 0 Å². The Morgan fingerprint density at radius 1 is 1.00 bits per heavy atom. The largest absolute Gasteiger partial charge is 0.319 e. The Morgan fingerprint density at radius 3 is 2.42 bits per heavy atom. The molecule has 0 saturated carbocycles. The van der Waals surface area contributed by atoms with E-state index in [1.54, 1.807) is 12.4 Å². The molecule has 0 amide bonds. The zero-order valence-electron chi connectivity index (χ0n) is 17.2. The molecule has 0 radical (unpaired) electrons. The molecule has 0 spiro atoms. The molecule has 4 aromatic rings. The lowest BCUT2D eigenvalue weighted by atomic mass is 10.0. The smallest absolute Gasteiger partial charge is 0.277 e. The maximum absolute atomic E-state index is 13.2. The van der Waals surface area contributed by atoms with Crippen LogP contribution in [0.1, 0.15) is 37.3 Å². The van der Waals surface area contributed by atoms with Crippen LogP contribution >= 0.6 is 11.8 Å². The first kappa shape index (κ1) is 21.2. The van der Waals surface area contributed by atoms with Gasteiger partial charge in [-0.1, -0.05) is 43.8 Å². The van der Waals surface area contributed by atoms with Gasteiger partial charge in [-0.15, -0.1) is 10.2 Å². The number of alkyl halides is 2. The van der Waals surface area contributed by atoms with Crippen LogP contribution in [-0.4, -0.2) is 29.3 Å². The molecule has 0 aliphatic carbocycles. The van der Waals surface area contributed by atoms with E-state index in [0.29, 0.717) is 11.0 Å². The molecule has 0 atom stereocenters. The van der Waals surface area contributed by atoms with Crippen LogP contribution in [-0.2, 0) is 18.6 Å². The highest BCUT2D eigenvalue weighted by atomic mass is 32.2. The molecule has 0 aliphatic heterocycles. The number of thioether (sulfide) groups is 1. The molecule has 0 saturated heterocycles. The third-order valence-corrected chi connectivity index (χ3v) is 5.96. The summed E-state index contributed by atoms with van der Waals surface area (Å²) in [6.07, 6.45) is 7.81. The van der Waals surface area contributed by atoms with E-state index >= 15 is 0 Å². The maximum Gasteiger partial charge on any atom is 0.319 e. The molecule has 9 heteroatoms.